The molecule has 0 aromatic rings. The molecule has 2 atom stereocenters. The molecule has 0 aliphatic rings. The normalized spacial score (nSPS) is 15.2. The molecule has 6 nitrogen and oxygen atoms in total. The Kier molecular flexibility index (Phi) is 4.24. The number of carboxylic acid groups (broad SMARTS) is 2. The van der Waals surface area contributed by atoms with Gasteiger partial charge in [-0.25, -0.2) is 4.79 Å². The van der Waals surface area contributed by atoms with Crippen LogP contribution in [0.1, 0.15) is 12.8 Å². The predicted octanol–water partition coefficient (Wildman–Crippen LogP) is -1.34. The van der Waals surface area contributed by atoms with Crippen LogP contribution in [0.4, 0.5) is 0 Å². The van der Waals surface area contributed by atoms with Gasteiger partial charge in [0.25, 0.3) is 0 Å². The van der Waals surface area contributed by atoms with E-state index in [4.69, 9.17) is 20.4 Å². The molecule has 4 N–H and O–H groups in total. The Morgan fingerprint density at radius 1 is 1.17 bits per heavy atom. The Balaban J connectivity index is 3.76. The molecule has 70 valence electrons. The van der Waals surface area contributed by atoms with Crippen molar-refractivity contribution in [3.05, 3.63) is 0 Å². The molecule has 0 aromatic carbocycles. The molecule has 0 fully saturated rings. The van der Waals surface area contributed by atoms with Crippen LogP contribution in [0.25, 0.3) is 0 Å². The maximum atomic E-state index is 10.0. The summed E-state index contributed by atoms with van der Waals surface area (Å²) in [6.07, 6.45) is -4.07. The van der Waals surface area contributed by atoms with Gasteiger partial charge in [-0.2, -0.15) is 0 Å². The van der Waals surface area contributed by atoms with Crippen molar-refractivity contribution in [3.63, 3.8) is 0 Å². The first kappa shape index (κ1) is 10.9. The molecule has 0 aromatic heterocycles. The van der Waals surface area contributed by atoms with Gasteiger partial charge in [-0.15, -0.1) is 0 Å². The SMILES string of the molecule is O=C(O)C[C@@H](O)C[C@H](O)C(=O)O. The van der Waals surface area contributed by atoms with Crippen LogP contribution in [0.15, 0.2) is 0 Å². The number of hydrogen-bond donors (Lipinski definition) is 4. The van der Waals surface area contributed by atoms with Gasteiger partial charge in [0.2, 0.25) is 0 Å². The van der Waals surface area contributed by atoms with E-state index < -0.39 is 37.0 Å². The first-order valence-electron chi connectivity index (χ1n) is 3.24. The number of hydrogen-bond acceptors (Lipinski definition) is 4. The van der Waals surface area contributed by atoms with Crippen LogP contribution in [-0.4, -0.2) is 44.6 Å². The van der Waals surface area contributed by atoms with E-state index in [0.717, 1.165) is 0 Å². The van der Waals surface area contributed by atoms with E-state index in [1.165, 1.54) is 0 Å². The van der Waals surface area contributed by atoms with E-state index in [0.29, 0.717) is 0 Å². The Morgan fingerprint density at radius 2 is 1.67 bits per heavy atom. The van der Waals surface area contributed by atoms with Gasteiger partial charge in [0.1, 0.15) is 0 Å². The van der Waals surface area contributed by atoms with E-state index in [-0.39, 0.29) is 0 Å². The third kappa shape index (κ3) is 4.64. The van der Waals surface area contributed by atoms with Crippen molar-refractivity contribution in [3.8, 4) is 0 Å². The third-order valence-electron chi connectivity index (χ3n) is 1.19. The molecular weight excluding hydrogens is 168 g/mol. The molecule has 0 unspecified atom stereocenters. The summed E-state index contributed by atoms with van der Waals surface area (Å²) in [6.45, 7) is 0. The monoisotopic (exact) mass is 178 g/mol. The highest BCUT2D eigenvalue weighted by atomic mass is 16.4. The van der Waals surface area contributed by atoms with Gasteiger partial charge in [-0.3, -0.25) is 4.79 Å². The summed E-state index contributed by atoms with van der Waals surface area (Å²) in [5.41, 5.74) is 0. The lowest BCUT2D eigenvalue weighted by atomic mass is 10.1. The van der Waals surface area contributed by atoms with Crippen LogP contribution in [0.5, 0.6) is 0 Å². The summed E-state index contributed by atoms with van der Waals surface area (Å²) in [7, 11) is 0. The molecule has 0 heterocycles. The number of aliphatic carboxylic acids is 2. The second kappa shape index (κ2) is 4.68. The van der Waals surface area contributed by atoms with E-state index in [1.807, 2.05) is 0 Å². The molecule has 0 aliphatic heterocycles. The molecule has 0 spiro atoms. The quantitative estimate of drug-likeness (QED) is 0.414. The molecule has 0 aliphatic carbocycles. The van der Waals surface area contributed by atoms with E-state index in [2.05, 4.69) is 0 Å². The summed E-state index contributed by atoms with van der Waals surface area (Å²) in [5.74, 6) is -2.71. The second-order valence-electron chi connectivity index (χ2n) is 2.34. The highest BCUT2D eigenvalue weighted by Crippen LogP contribution is 2.02. The van der Waals surface area contributed by atoms with E-state index in [9.17, 15) is 9.59 Å². The zero-order valence-corrected chi connectivity index (χ0v) is 6.17. The Bertz CT molecular complexity index is 177. The van der Waals surface area contributed by atoms with Crippen LogP contribution in [0.2, 0.25) is 0 Å². The Hall–Kier alpha value is -1.14. The molecular formula is C6H10O6. The lowest BCUT2D eigenvalue weighted by molar-refractivity contribution is -0.150. The molecule has 0 rings (SSSR count). The first-order chi connectivity index (χ1) is 5.43. The van der Waals surface area contributed by atoms with Gasteiger partial charge in [-0.05, 0) is 0 Å². The topological polar surface area (TPSA) is 115 Å². The smallest absolute Gasteiger partial charge is 0.332 e. The van der Waals surface area contributed by atoms with Crippen molar-refractivity contribution < 1.29 is 30.0 Å². The van der Waals surface area contributed by atoms with Crippen LogP contribution in [0, 0.1) is 0 Å². The molecule has 0 bridgehead atoms. The number of carbonyl (C=O) groups is 2. The summed E-state index contributed by atoms with van der Waals surface area (Å²) in [5, 5.41) is 33.8. The van der Waals surface area contributed by atoms with Gasteiger partial charge < -0.3 is 20.4 Å². The first-order valence-corrected chi connectivity index (χ1v) is 3.24. The maximum Gasteiger partial charge on any atom is 0.332 e. The van der Waals surface area contributed by atoms with Gasteiger partial charge in [0, 0.05) is 6.42 Å². The van der Waals surface area contributed by atoms with Crippen molar-refractivity contribution in [1.82, 2.24) is 0 Å². The minimum atomic E-state index is -1.71. The van der Waals surface area contributed by atoms with Gasteiger partial charge in [0.15, 0.2) is 6.10 Å². The zero-order valence-electron chi connectivity index (χ0n) is 6.17. The average molecular weight is 178 g/mol. The highest BCUT2D eigenvalue weighted by molar-refractivity contribution is 5.72. The largest absolute Gasteiger partial charge is 0.481 e. The minimum absolute atomic E-state index is 0.471. The minimum Gasteiger partial charge on any atom is -0.481 e. The molecule has 0 saturated heterocycles. The highest BCUT2D eigenvalue weighted by Gasteiger charge is 2.19. The van der Waals surface area contributed by atoms with Gasteiger partial charge >= 0.3 is 11.9 Å². The molecule has 0 amide bonds. The third-order valence-corrected chi connectivity index (χ3v) is 1.19. The lowest BCUT2D eigenvalue weighted by Gasteiger charge is -2.09. The Labute approximate surface area is 68.1 Å². The van der Waals surface area contributed by atoms with E-state index in [1.54, 1.807) is 0 Å². The van der Waals surface area contributed by atoms with Gasteiger partial charge in [0.05, 0.1) is 12.5 Å². The Morgan fingerprint density at radius 3 is 2.00 bits per heavy atom. The maximum absolute atomic E-state index is 10.0. The number of rotatable bonds is 5. The van der Waals surface area contributed by atoms with Crippen molar-refractivity contribution in [2.75, 3.05) is 0 Å². The van der Waals surface area contributed by atoms with Crippen molar-refractivity contribution in [1.29, 1.82) is 0 Å². The molecule has 12 heavy (non-hydrogen) atoms. The van der Waals surface area contributed by atoms with Crippen molar-refractivity contribution in [2.45, 2.75) is 25.0 Å². The number of carboxylic acids is 2. The molecule has 0 radical (unpaired) electrons. The summed E-state index contributed by atoms with van der Waals surface area (Å²) in [4.78, 5) is 20.0. The number of aliphatic hydroxyl groups excluding tert-OH is 2. The standard InChI is InChI=1S/C6H10O6/c7-3(2-5(9)10)1-4(8)6(11)12/h3-4,7-8H,1-2H2,(H,9,10)(H,11,12)/t3-,4-/m0/s1. The molecule has 6 heteroatoms. The fourth-order valence-electron chi connectivity index (χ4n) is 0.643. The zero-order chi connectivity index (χ0) is 9.72. The lowest BCUT2D eigenvalue weighted by Crippen LogP contribution is -2.26. The van der Waals surface area contributed by atoms with Crippen LogP contribution < -0.4 is 0 Å². The average Bonchev–Trinajstić information content (AvgIpc) is 1.84. The van der Waals surface area contributed by atoms with Crippen LogP contribution in [0.3, 0.4) is 0 Å². The van der Waals surface area contributed by atoms with Gasteiger partial charge in [-0.1, -0.05) is 0 Å². The van der Waals surface area contributed by atoms with Crippen molar-refractivity contribution in [2.24, 2.45) is 0 Å². The fourth-order valence-corrected chi connectivity index (χ4v) is 0.643. The van der Waals surface area contributed by atoms with Crippen LogP contribution >= 0.6 is 0 Å². The summed E-state index contributed by atoms with van der Waals surface area (Å²) in [6, 6.07) is 0. The van der Waals surface area contributed by atoms with Crippen molar-refractivity contribution >= 4 is 11.9 Å². The van der Waals surface area contributed by atoms with E-state index >= 15 is 0 Å². The summed E-state index contributed by atoms with van der Waals surface area (Å²) >= 11 is 0. The number of aliphatic hydroxyl groups is 2. The molecule has 0 saturated carbocycles. The fraction of sp³-hybridized carbons (Fsp3) is 0.667. The van der Waals surface area contributed by atoms with Crippen LogP contribution in [-0.2, 0) is 9.59 Å². The second-order valence-corrected chi connectivity index (χ2v) is 2.34. The summed E-state index contributed by atoms with van der Waals surface area (Å²) < 4.78 is 0. The predicted molar refractivity (Wildman–Crippen MR) is 36.5 cm³/mol.